The predicted molar refractivity (Wildman–Crippen MR) is 65.3 cm³/mol. The molecule has 2 aromatic rings. The van der Waals surface area contributed by atoms with Crippen LogP contribution in [-0.4, -0.2) is 17.0 Å². The van der Waals surface area contributed by atoms with Gasteiger partial charge in [-0.15, -0.1) is 0 Å². The van der Waals surface area contributed by atoms with E-state index in [0.717, 1.165) is 5.69 Å². The maximum atomic E-state index is 12.8. The molecule has 17 heavy (non-hydrogen) atoms. The molecule has 0 radical (unpaired) electrons. The van der Waals surface area contributed by atoms with E-state index < -0.39 is 0 Å². The third-order valence-electron chi connectivity index (χ3n) is 2.31. The van der Waals surface area contributed by atoms with Crippen molar-refractivity contribution in [2.75, 3.05) is 23.4 Å². The highest BCUT2D eigenvalue weighted by atomic mass is 19.1. The summed E-state index contributed by atoms with van der Waals surface area (Å²) < 4.78 is 12.8. The van der Waals surface area contributed by atoms with E-state index in [9.17, 15) is 4.39 Å². The molecule has 1 aromatic heterocycles. The van der Waals surface area contributed by atoms with Gasteiger partial charge in [0.15, 0.2) is 0 Å². The van der Waals surface area contributed by atoms with E-state index in [4.69, 9.17) is 11.5 Å². The van der Waals surface area contributed by atoms with Crippen molar-refractivity contribution >= 4 is 23.3 Å². The summed E-state index contributed by atoms with van der Waals surface area (Å²) in [7, 11) is 1.79. The van der Waals surface area contributed by atoms with Gasteiger partial charge in [-0.1, -0.05) is 0 Å². The van der Waals surface area contributed by atoms with Gasteiger partial charge in [0.05, 0.1) is 0 Å². The van der Waals surface area contributed by atoms with Gasteiger partial charge in [0.25, 0.3) is 0 Å². The lowest BCUT2D eigenvalue weighted by atomic mass is 10.3. The monoisotopic (exact) mass is 233 g/mol. The average molecular weight is 233 g/mol. The van der Waals surface area contributed by atoms with E-state index in [1.165, 1.54) is 12.1 Å². The zero-order valence-corrected chi connectivity index (χ0v) is 9.26. The van der Waals surface area contributed by atoms with Crippen LogP contribution in [-0.2, 0) is 0 Å². The van der Waals surface area contributed by atoms with Gasteiger partial charge in [0, 0.05) is 18.8 Å². The lowest BCUT2D eigenvalue weighted by molar-refractivity contribution is 0.628. The molecular formula is C11H12FN5. The second-order valence-corrected chi connectivity index (χ2v) is 3.54. The van der Waals surface area contributed by atoms with Crippen LogP contribution in [0.4, 0.5) is 27.7 Å². The number of nitrogens with zero attached hydrogens (tertiary/aromatic N) is 3. The SMILES string of the molecule is CN(c1ccc(F)cc1)c1cc(N)nc(N)n1. The molecule has 0 atom stereocenters. The molecule has 0 aliphatic heterocycles. The first-order valence-electron chi connectivity index (χ1n) is 4.95. The molecule has 0 saturated carbocycles. The lowest BCUT2D eigenvalue weighted by Gasteiger charge is -2.18. The molecule has 0 aliphatic rings. The summed E-state index contributed by atoms with van der Waals surface area (Å²) >= 11 is 0. The maximum absolute atomic E-state index is 12.8. The van der Waals surface area contributed by atoms with Crippen LogP contribution in [0, 0.1) is 5.82 Å². The van der Waals surface area contributed by atoms with Crippen molar-refractivity contribution in [3.63, 3.8) is 0 Å². The minimum Gasteiger partial charge on any atom is -0.383 e. The van der Waals surface area contributed by atoms with Crippen molar-refractivity contribution in [3.8, 4) is 0 Å². The summed E-state index contributed by atoms with van der Waals surface area (Å²) in [6.45, 7) is 0. The zero-order chi connectivity index (χ0) is 12.4. The quantitative estimate of drug-likeness (QED) is 0.822. The second-order valence-electron chi connectivity index (χ2n) is 3.54. The topological polar surface area (TPSA) is 81.1 Å². The number of nitrogens with two attached hydrogens (primary N) is 2. The van der Waals surface area contributed by atoms with E-state index in [1.54, 1.807) is 30.1 Å². The normalized spacial score (nSPS) is 10.2. The number of hydrogen-bond acceptors (Lipinski definition) is 5. The van der Waals surface area contributed by atoms with Gasteiger partial charge in [0.2, 0.25) is 5.95 Å². The number of halogens is 1. The molecule has 2 rings (SSSR count). The molecule has 0 bridgehead atoms. The lowest BCUT2D eigenvalue weighted by Crippen LogP contribution is -2.13. The van der Waals surface area contributed by atoms with Crippen LogP contribution in [0.5, 0.6) is 0 Å². The highest BCUT2D eigenvalue weighted by molar-refractivity contribution is 5.62. The van der Waals surface area contributed by atoms with E-state index in [0.29, 0.717) is 11.6 Å². The largest absolute Gasteiger partial charge is 0.383 e. The molecule has 88 valence electrons. The van der Waals surface area contributed by atoms with Gasteiger partial charge in [-0.2, -0.15) is 9.97 Å². The van der Waals surface area contributed by atoms with Crippen molar-refractivity contribution in [3.05, 3.63) is 36.1 Å². The first-order chi connectivity index (χ1) is 8.06. The molecular weight excluding hydrogens is 221 g/mol. The smallest absolute Gasteiger partial charge is 0.223 e. The first kappa shape index (κ1) is 11.1. The molecule has 0 unspecified atom stereocenters. The van der Waals surface area contributed by atoms with E-state index in [1.807, 2.05) is 0 Å². The van der Waals surface area contributed by atoms with Crippen molar-refractivity contribution in [1.29, 1.82) is 0 Å². The van der Waals surface area contributed by atoms with Crippen molar-refractivity contribution < 1.29 is 4.39 Å². The van der Waals surface area contributed by atoms with Crippen molar-refractivity contribution in [1.82, 2.24) is 9.97 Å². The van der Waals surface area contributed by atoms with E-state index in [2.05, 4.69) is 9.97 Å². The summed E-state index contributed by atoms with van der Waals surface area (Å²) in [5, 5.41) is 0. The summed E-state index contributed by atoms with van der Waals surface area (Å²) in [5.74, 6) is 0.667. The molecule has 6 heteroatoms. The molecule has 4 N–H and O–H groups in total. The fourth-order valence-electron chi connectivity index (χ4n) is 1.44. The molecule has 1 heterocycles. The number of nitrogen functional groups attached to an aromatic ring is 2. The van der Waals surface area contributed by atoms with Gasteiger partial charge < -0.3 is 16.4 Å². The first-order valence-corrected chi connectivity index (χ1v) is 4.95. The number of rotatable bonds is 2. The fourth-order valence-corrected chi connectivity index (χ4v) is 1.44. The number of benzene rings is 1. The average Bonchev–Trinajstić information content (AvgIpc) is 2.28. The Labute approximate surface area is 97.9 Å². The minimum absolute atomic E-state index is 0.106. The van der Waals surface area contributed by atoms with Crippen molar-refractivity contribution in [2.24, 2.45) is 0 Å². The highest BCUT2D eigenvalue weighted by Gasteiger charge is 2.07. The number of anilines is 4. The molecule has 0 amide bonds. The van der Waals surface area contributed by atoms with Crippen molar-refractivity contribution in [2.45, 2.75) is 0 Å². The van der Waals surface area contributed by atoms with Crippen LogP contribution in [0.2, 0.25) is 0 Å². The van der Waals surface area contributed by atoms with Gasteiger partial charge in [0.1, 0.15) is 17.5 Å². The Morgan fingerprint density at radius 2 is 1.76 bits per heavy atom. The third-order valence-corrected chi connectivity index (χ3v) is 2.31. The van der Waals surface area contributed by atoms with Crippen LogP contribution in [0.15, 0.2) is 30.3 Å². The summed E-state index contributed by atoms with van der Waals surface area (Å²) in [4.78, 5) is 9.58. The molecule has 1 aromatic carbocycles. The van der Waals surface area contributed by atoms with E-state index >= 15 is 0 Å². The maximum Gasteiger partial charge on any atom is 0.223 e. The Hall–Kier alpha value is -2.37. The summed E-state index contributed by atoms with van der Waals surface area (Å²) in [5.41, 5.74) is 11.9. The highest BCUT2D eigenvalue weighted by Crippen LogP contribution is 2.23. The van der Waals surface area contributed by atoms with Crippen LogP contribution in [0.3, 0.4) is 0 Å². The third kappa shape index (κ3) is 2.41. The van der Waals surface area contributed by atoms with Gasteiger partial charge in [-0.25, -0.2) is 4.39 Å². The van der Waals surface area contributed by atoms with Crippen LogP contribution in [0.1, 0.15) is 0 Å². The Kier molecular flexibility index (Phi) is 2.78. The zero-order valence-electron chi connectivity index (χ0n) is 9.26. The van der Waals surface area contributed by atoms with Gasteiger partial charge >= 0.3 is 0 Å². The Morgan fingerprint density at radius 3 is 2.35 bits per heavy atom. The van der Waals surface area contributed by atoms with E-state index in [-0.39, 0.29) is 11.8 Å². The minimum atomic E-state index is -0.288. The number of aromatic nitrogens is 2. The van der Waals surface area contributed by atoms with Crippen LogP contribution >= 0.6 is 0 Å². The van der Waals surface area contributed by atoms with Crippen LogP contribution < -0.4 is 16.4 Å². The standard InChI is InChI=1S/C11H12FN5/c1-17(8-4-2-7(12)3-5-8)10-6-9(13)15-11(14)16-10/h2-6H,1H3,(H4,13,14,15,16). The molecule has 5 nitrogen and oxygen atoms in total. The molecule has 0 spiro atoms. The summed E-state index contributed by atoms with van der Waals surface area (Å²) in [6.07, 6.45) is 0. The predicted octanol–water partition coefficient (Wildman–Crippen LogP) is 1.55. The Morgan fingerprint density at radius 1 is 1.12 bits per heavy atom. The Bertz CT molecular complexity index is 506. The van der Waals surface area contributed by atoms with Gasteiger partial charge in [-0.05, 0) is 24.3 Å². The Balaban J connectivity index is 2.36. The van der Waals surface area contributed by atoms with Crippen LogP contribution in [0.25, 0.3) is 0 Å². The molecule has 0 saturated heterocycles. The fraction of sp³-hybridized carbons (Fsp3) is 0.0909. The molecule has 0 fully saturated rings. The van der Waals surface area contributed by atoms with Gasteiger partial charge in [-0.3, -0.25) is 0 Å². The summed E-state index contributed by atoms with van der Waals surface area (Å²) in [6, 6.07) is 7.63. The molecule has 0 aliphatic carbocycles. The second kappa shape index (κ2) is 4.25. The number of hydrogen-bond donors (Lipinski definition) is 2.